The van der Waals surface area contributed by atoms with Crippen LogP contribution >= 0.6 is 0 Å². The molecule has 1 unspecified atom stereocenters. The third-order valence-corrected chi connectivity index (χ3v) is 4.14. The van der Waals surface area contributed by atoms with Crippen molar-refractivity contribution in [1.29, 1.82) is 0 Å². The maximum Gasteiger partial charge on any atom is 0.374 e. The minimum Gasteiger partial charge on any atom is -0.475 e. The number of aromatic nitrogens is 3. The molecule has 116 valence electrons. The van der Waals surface area contributed by atoms with Crippen LogP contribution in [-0.4, -0.2) is 51.1 Å². The van der Waals surface area contributed by atoms with E-state index in [1.807, 2.05) is 0 Å². The summed E-state index contributed by atoms with van der Waals surface area (Å²) in [7, 11) is 0. The Kier molecular flexibility index (Phi) is 2.97. The van der Waals surface area contributed by atoms with Crippen LogP contribution in [0.15, 0.2) is 30.6 Å². The number of carbonyl (C=O) groups is 2. The average molecular weight is 311 g/mol. The van der Waals surface area contributed by atoms with E-state index in [1.165, 1.54) is 6.20 Å². The van der Waals surface area contributed by atoms with Gasteiger partial charge >= 0.3 is 5.97 Å². The topological polar surface area (TPSA) is 99.5 Å². The molecule has 0 aliphatic carbocycles. The lowest BCUT2D eigenvalue weighted by Gasteiger charge is -2.35. The van der Waals surface area contributed by atoms with Gasteiger partial charge in [0.15, 0.2) is 5.82 Å². The van der Waals surface area contributed by atoms with E-state index in [1.54, 1.807) is 29.3 Å². The first-order chi connectivity index (χ1) is 11.1. The van der Waals surface area contributed by atoms with Crippen LogP contribution in [0.1, 0.15) is 27.5 Å². The minimum atomic E-state index is -1.22. The smallest absolute Gasteiger partial charge is 0.374 e. The number of carbonyl (C=O) groups excluding carboxylic acids is 1. The molecule has 1 saturated heterocycles. The van der Waals surface area contributed by atoms with Gasteiger partial charge in [-0.25, -0.2) is 14.8 Å². The summed E-state index contributed by atoms with van der Waals surface area (Å²) in [5.41, 5.74) is 1.00. The Labute approximate surface area is 131 Å². The number of amides is 1. The summed E-state index contributed by atoms with van der Waals surface area (Å²) in [5, 5.41) is 9.12. The Bertz CT molecular complexity index is 795. The van der Waals surface area contributed by atoms with Crippen LogP contribution in [0.5, 0.6) is 0 Å². The van der Waals surface area contributed by atoms with Crippen molar-refractivity contribution in [3.05, 3.63) is 42.1 Å². The van der Waals surface area contributed by atoms with Crippen LogP contribution in [-0.2, 0) is 0 Å². The number of fused-ring (bicyclic) bond motifs is 4. The van der Waals surface area contributed by atoms with Crippen molar-refractivity contribution >= 4 is 23.4 Å². The predicted molar refractivity (Wildman–Crippen MR) is 80.7 cm³/mol. The number of carboxylic acids is 1. The number of nitrogens with zero attached hydrogens (tertiary/aromatic N) is 5. The summed E-state index contributed by atoms with van der Waals surface area (Å²) in [4.78, 5) is 39.7. The zero-order valence-corrected chi connectivity index (χ0v) is 12.1. The number of hydrogen-bond donors (Lipinski definition) is 1. The van der Waals surface area contributed by atoms with E-state index in [9.17, 15) is 9.59 Å². The molecule has 2 aliphatic rings. The summed E-state index contributed by atoms with van der Waals surface area (Å²) < 4.78 is 0. The molecule has 23 heavy (non-hydrogen) atoms. The fourth-order valence-corrected chi connectivity index (χ4v) is 3.09. The van der Waals surface area contributed by atoms with Crippen LogP contribution in [0.2, 0.25) is 0 Å². The van der Waals surface area contributed by atoms with Gasteiger partial charge in [0.1, 0.15) is 5.69 Å². The molecule has 4 rings (SSSR count). The Balaban J connectivity index is 1.83. The molecule has 4 heterocycles. The van der Waals surface area contributed by atoms with Gasteiger partial charge in [-0.3, -0.25) is 14.7 Å². The van der Waals surface area contributed by atoms with Crippen molar-refractivity contribution < 1.29 is 14.7 Å². The molecule has 0 aromatic carbocycles. The zero-order valence-electron chi connectivity index (χ0n) is 12.1. The normalized spacial score (nSPS) is 18.7. The zero-order chi connectivity index (χ0) is 16.0. The van der Waals surface area contributed by atoms with Gasteiger partial charge in [0.05, 0.1) is 17.9 Å². The molecule has 1 amide bonds. The third kappa shape index (κ3) is 2.10. The second kappa shape index (κ2) is 5.01. The maximum absolute atomic E-state index is 12.9. The molecular weight excluding hydrogens is 298 g/mol. The van der Waals surface area contributed by atoms with E-state index < -0.39 is 5.97 Å². The molecule has 2 aromatic rings. The highest BCUT2D eigenvalue weighted by molar-refractivity contribution is 6.07. The third-order valence-electron chi connectivity index (χ3n) is 4.14. The van der Waals surface area contributed by atoms with E-state index >= 15 is 0 Å². The van der Waals surface area contributed by atoms with Crippen molar-refractivity contribution in [3.63, 3.8) is 0 Å². The largest absolute Gasteiger partial charge is 0.475 e. The standard InChI is InChI=1S/C15H13N5O3/c21-14(10-3-1-2-5-16-10)20-9-4-6-19(8-9)11-7-17-12(15(22)23)18-13(11)20/h1-3,5,7,9H,4,6,8H2,(H,22,23). The van der Waals surface area contributed by atoms with Crippen molar-refractivity contribution in [1.82, 2.24) is 15.0 Å². The first-order valence-electron chi connectivity index (χ1n) is 7.25. The number of aromatic carboxylic acids is 1. The summed E-state index contributed by atoms with van der Waals surface area (Å²) in [6, 6.07) is 5.09. The Morgan fingerprint density at radius 3 is 2.87 bits per heavy atom. The van der Waals surface area contributed by atoms with Crippen LogP contribution < -0.4 is 9.80 Å². The second-order valence-corrected chi connectivity index (χ2v) is 5.49. The monoisotopic (exact) mass is 311 g/mol. The van der Waals surface area contributed by atoms with Gasteiger partial charge in [-0.15, -0.1) is 0 Å². The first kappa shape index (κ1) is 13.6. The fourth-order valence-electron chi connectivity index (χ4n) is 3.09. The fraction of sp³-hybridized carbons (Fsp3) is 0.267. The van der Waals surface area contributed by atoms with Gasteiger partial charge < -0.3 is 10.0 Å². The van der Waals surface area contributed by atoms with Gasteiger partial charge in [-0.05, 0) is 18.6 Å². The molecule has 2 aliphatic heterocycles. The Hall–Kier alpha value is -3.03. The van der Waals surface area contributed by atoms with E-state index in [4.69, 9.17) is 5.11 Å². The number of carboxylic acid groups (broad SMARTS) is 1. The lowest BCUT2D eigenvalue weighted by Crippen LogP contribution is -2.47. The van der Waals surface area contributed by atoms with E-state index in [0.717, 1.165) is 13.0 Å². The Morgan fingerprint density at radius 1 is 1.26 bits per heavy atom. The van der Waals surface area contributed by atoms with Gasteiger partial charge in [-0.1, -0.05) is 6.07 Å². The molecule has 0 saturated carbocycles. The van der Waals surface area contributed by atoms with Crippen LogP contribution in [0.4, 0.5) is 11.5 Å². The number of rotatable bonds is 2. The van der Waals surface area contributed by atoms with Gasteiger partial charge in [0, 0.05) is 19.3 Å². The summed E-state index contributed by atoms with van der Waals surface area (Å²) in [6.45, 7) is 1.49. The lowest BCUT2D eigenvalue weighted by atomic mass is 10.1. The quantitative estimate of drug-likeness (QED) is 0.876. The van der Waals surface area contributed by atoms with E-state index in [2.05, 4.69) is 19.9 Å². The molecule has 1 N–H and O–H groups in total. The van der Waals surface area contributed by atoms with Gasteiger partial charge in [-0.2, -0.15) is 0 Å². The Morgan fingerprint density at radius 2 is 2.13 bits per heavy atom. The van der Waals surface area contributed by atoms with Gasteiger partial charge in [0.2, 0.25) is 5.82 Å². The highest BCUT2D eigenvalue weighted by Gasteiger charge is 2.41. The highest BCUT2D eigenvalue weighted by Crippen LogP contribution is 2.38. The van der Waals surface area contributed by atoms with Gasteiger partial charge in [0.25, 0.3) is 5.91 Å². The van der Waals surface area contributed by atoms with E-state index in [0.29, 0.717) is 23.7 Å². The number of anilines is 2. The van der Waals surface area contributed by atoms with Crippen LogP contribution in [0, 0.1) is 0 Å². The molecular formula is C15H13N5O3. The van der Waals surface area contributed by atoms with Crippen molar-refractivity contribution in [2.24, 2.45) is 0 Å². The summed E-state index contributed by atoms with van der Waals surface area (Å²) in [6.07, 6.45) is 3.84. The van der Waals surface area contributed by atoms with Crippen molar-refractivity contribution in [2.75, 3.05) is 22.9 Å². The summed E-state index contributed by atoms with van der Waals surface area (Å²) >= 11 is 0. The van der Waals surface area contributed by atoms with Crippen LogP contribution in [0.25, 0.3) is 0 Å². The predicted octanol–water partition coefficient (Wildman–Crippen LogP) is 0.809. The molecule has 0 radical (unpaired) electrons. The molecule has 1 fully saturated rings. The molecule has 8 nitrogen and oxygen atoms in total. The highest BCUT2D eigenvalue weighted by atomic mass is 16.4. The molecule has 2 bridgehead atoms. The minimum absolute atomic E-state index is 0.0337. The lowest BCUT2D eigenvalue weighted by molar-refractivity contribution is 0.0682. The molecule has 0 spiro atoms. The first-order valence-corrected chi connectivity index (χ1v) is 7.25. The molecule has 2 aromatic heterocycles. The van der Waals surface area contributed by atoms with E-state index in [-0.39, 0.29) is 17.8 Å². The number of pyridine rings is 1. The van der Waals surface area contributed by atoms with Crippen molar-refractivity contribution in [3.8, 4) is 0 Å². The molecule has 8 heteroatoms. The molecule has 1 atom stereocenters. The summed E-state index contributed by atoms with van der Waals surface area (Å²) in [5.74, 6) is -1.45. The number of hydrogen-bond acceptors (Lipinski definition) is 6. The maximum atomic E-state index is 12.9. The van der Waals surface area contributed by atoms with Crippen molar-refractivity contribution in [2.45, 2.75) is 12.5 Å². The SMILES string of the molecule is O=C(O)c1ncc2c(n1)N(C(=O)c1ccccn1)C1CCN2C1. The average Bonchev–Trinajstić information content (AvgIpc) is 3.00. The second-order valence-electron chi connectivity index (χ2n) is 5.49. The van der Waals surface area contributed by atoms with Crippen LogP contribution in [0.3, 0.4) is 0 Å².